The van der Waals surface area contributed by atoms with Gasteiger partial charge in [-0.2, -0.15) is 0 Å². The first-order valence-corrected chi connectivity index (χ1v) is 11.5. The van der Waals surface area contributed by atoms with Crippen LogP contribution in [0, 0.1) is 0 Å². The molecule has 0 aliphatic carbocycles. The molecule has 0 spiro atoms. The number of nitrogens with zero attached hydrogens (tertiary/aromatic N) is 1. The number of esters is 1. The van der Waals surface area contributed by atoms with E-state index in [2.05, 4.69) is 5.32 Å². The van der Waals surface area contributed by atoms with E-state index in [0.717, 1.165) is 11.1 Å². The minimum Gasteiger partial charge on any atom is -0.480 e. The third-order valence-corrected chi connectivity index (χ3v) is 5.99. The molecule has 2 N–H and O–H groups in total. The minimum absolute atomic E-state index is 0.0339. The summed E-state index contributed by atoms with van der Waals surface area (Å²) in [7, 11) is 0. The molecule has 0 saturated carbocycles. The lowest BCUT2D eigenvalue weighted by Crippen LogP contribution is -2.52. The first kappa shape index (κ1) is 24.5. The fraction of sp³-hybridized carbons (Fsp3) is 0.423. The fourth-order valence-electron chi connectivity index (χ4n) is 4.33. The topological polar surface area (TPSA) is 95.9 Å². The molecule has 3 atom stereocenters. The Morgan fingerprint density at radius 2 is 1.76 bits per heavy atom. The average molecular weight is 453 g/mol. The van der Waals surface area contributed by atoms with Crippen LogP contribution in [0.1, 0.15) is 43.2 Å². The maximum Gasteiger partial charge on any atom is 0.323 e. The van der Waals surface area contributed by atoms with Crippen molar-refractivity contribution in [3.05, 3.63) is 71.8 Å². The van der Waals surface area contributed by atoms with Crippen LogP contribution in [0.5, 0.6) is 0 Å². The summed E-state index contributed by atoms with van der Waals surface area (Å²) in [4.78, 5) is 38.8. The van der Waals surface area contributed by atoms with Gasteiger partial charge in [0, 0.05) is 12.5 Å². The van der Waals surface area contributed by atoms with Crippen molar-refractivity contribution in [3.63, 3.8) is 0 Å². The largest absolute Gasteiger partial charge is 0.480 e. The Labute approximate surface area is 194 Å². The van der Waals surface area contributed by atoms with Crippen molar-refractivity contribution in [1.82, 2.24) is 10.2 Å². The molecule has 1 aliphatic rings. The Hall–Kier alpha value is -3.19. The van der Waals surface area contributed by atoms with Crippen LogP contribution in [0.3, 0.4) is 0 Å². The summed E-state index contributed by atoms with van der Waals surface area (Å²) in [6.45, 7) is 1.97. The maximum atomic E-state index is 13.3. The molecule has 1 heterocycles. The number of carbonyl (C=O) groups excluding carboxylic acids is 2. The quantitative estimate of drug-likeness (QED) is 0.538. The Kier molecular flexibility index (Phi) is 9.01. The summed E-state index contributed by atoms with van der Waals surface area (Å²) < 4.78 is 5.26. The average Bonchev–Trinajstić information content (AvgIpc) is 2.96. The molecule has 2 aromatic carbocycles. The first-order valence-electron chi connectivity index (χ1n) is 11.5. The third-order valence-electron chi connectivity index (χ3n) is 5.99. The normalized spacial score (nSPS) is 19.5. The molecule has 0 aromatic heterocycles. The van der Waals surface area contributed by atoms with Crippen molar-refractivity contribution in [1.29, 1.82) is 0 Å². The molecule has 7 heteroatoms. The van der Waals surface area contributed by atoms with Crippen LogP contribution in [-0.4, -0.2) is 59.6 Å². The number of aliphatic carboxylic acids is 1. The SMILES string of the molecule is CCOC(=O)[C@@H](CCc1ccccc1)NC1CCC(c2ccccc2)CN(CC(=O)O)C1=O. The number of nitrogens with one attached hydrogen (secondary N) is 1. The zero-order valence-electron chi connectivity index (χ0n) is 19.0. The Balaban J connectivity index is 1.77. The summed E-state index contributed by atoms with van der Waals surface area (Å²) in [5.41, 5.74) is 2.17. The van der Waals surface area contributed by atoms with Gasteiger partial charge in [-0.15, -0.1) is 0 Å². The summed E-state index contributed by atoms with van der Waals surface area (Å²) in [5.74, 6) is -1.70. The van der Waals surface area contributed by atoms with Crippen LogP contribution in [0.25, 0.3) is 0 Å². The van der Waals surface area contributed by atoms with Gasteiger partial charge in [0.05, 0.1) is 12.6 Å². The van der Waals surface area contributed by atoms with Crippen molar-refractivity contribution < 1.29 is 24.2 Å². The predicted molar refractivity (Wildman–Crippen MR) is 125 cm³/mol. The second-order valence-corrected chi connectivity index (χ2v) is 8.35. The molecule has 2 unspecified atom stereocenters. The molecule has 1 aliphatic heterocycles. The highest BCUT2D eigenvalue weighted by Crippen LogP contribution is 2.27. The highest BCUT2D eigenvalue weighted by atomic mass is 16.5. The molecule has 1 saturated heterocycles. The van der Waals surface area contributed by atoms with Crippen LogP contribution in [0.2, 0.25) is 0 Å². The van der Waals surface area contributed by atoms with Gasteiger partial charge >= 0.3 is 11.9 Å². The number of carbonyl (C=O) groups is 3. The van der Waals surface area contributed by atoms with Crippen LogP contribution >= 0.6 is 0 Å². The van der Waals surface area contributed by atoms with Gasteiger partial charge in [0.15, 0.2) is 0 Å². The Bertz CT molecular complexity index is 919. The second kappa shape index (κ2) is 12.2. The highest BCUT2D eigenvalue weighted by Gasteiger charge is 2.35. The monoisotopic (exact) mass is 452 g/mol. The van der Waals surface area contributed by atoms with E-state index < -0.39 is 24.0 Å². The standard InChI is InChI=1S/C26H32N2O5/c1-2-33-26(32)23(15-13-19-9-5-3-6-10-19)27-22-16-14-21(20-11-7-4-8-12-20)17-28(25(22)31)18-24(29)30/h3-12,21-23,27H,2,13-18H2,1H3,(H,29,30)/t21?,22?,23-/m1/s1. The van der Waals surface area contributed by atoms with E-state index in [-0.39, 0.29) is 25.0 Å². The van der Waals surface area contributed by atoms with Gasteiger partial charge in [-0.1, -0.05) is 60.7 Å². The summed E-state index contributed by atoms with van der Waals surface area (Å²) in [5, 5.41) is 12.6. The second-order valence-electron chi connectivity index (χ2n) is 8.35. The van der Waals surface area contributed by atoms with Crippen molar-refractivity contribution in [2.75, 3.05) is 19.7 Å². The van der Waals surface area contributed by atoms with Crippen LogP contribution < -0.4 is 5.32 Å². The molecule has 33 heavy (non-hydrogen) atoms. The smallest absolute Gasteiger partial charge is 0.323 e. The van der Waals surface area contributed by atoms with Crippen LogP contribution in [-0.2, 0) is 25.5 Å². The molecule has 0 radical (unpaired) electrons. The number of carboxylic acid groups (broad SMARTS) is 1. The van der Waals surface area contributed by atoms with Gasteiger partial charge < -0.3 is 14.7 Å². The highest BCUT2D eigenvalue weighted by molar-refractivity contribution is 5.86. The summed E-state index contributed by atoms with van der Waals surface area (Å²) in [6.07, 6.45) is 2.35. The number of aryl methyl sites for hydroxylation is 1. The summed E-state index contributed by atoms with van der Waals surface area (Å²) in [6, 6.07) is 18.4. The molecule has 0 bridgehead atoms. The molecule has 7 nitrogen and oxygen atoms in total. The number of carboxylic acids is 1. The predicted octanol–water partition coefficient (Wildman–Crippen LogP) is 3.00. The van der Waals surface area contributed by atoms with Gasteiger partial charge in [0.1, 0.15) is 12.6 Å². The molecule has 1 amide bonds. The first-order chi connectivity index (χ1) is 16.0. The van der Waals surface area contributed by atoms with Crippen molar-refractivity contribution in [2.45, 2.75) is 50.6 Å². The number of amides is 1. The molecule has 3 rings (SSSR count). The lowest BCUT2D eigenvalue weighted by atomic mass is 9.93. The van der Waals surface area contributed by atoms with E-state index in [4.69, 9.17) is 4.74 Å². The van der Waals surface area contributed by atoms with E-state index in [1.54, 1.807) is 6.92 Å². The van der Waals surface area contributed by atoms with Gasteiger partial charge in [0.25, 0.3) is 0 Å². The zero-order valence-corrected chi connectivity index (χ0v) is 19.0. The van der Waals surface area contributed by atoms with E-state index in [1.807, 2.05) is 60.7 Å². The van der Waals surface area contributed by atoms with E-state index in [0.29, 0.717) is 32.2 Å². The number of rotatable bonds is 10. The lowest BCUT2D eigenvalue weighted by molar-refractivity contribution is -0.148. The van der Waals surface area contributed by atoms with E-state index in [1.165, 1.54) is 4.90 Å². The van der Waals surface area contributed by atoms with Gasteiger partial charge in [-0.3, -0.25) is 19.7 Å². The molecule has 1 fully saturated rings. The van der Waals surface area contributed by atoms with Crippen LogP contribution in [0.15, 0.2) is 60.7 Å². The van der Waals surface area contributed by atoms with Gasteiger partial charge in [-0.05, 0) is 43.7 Å². The zero-order chi connectivity index (χ0) is 23.6. The van der Waals surface area contributed by atoms with Gasteiger partial charge in [-0.25, -0.2) is 0 Å². The number of ether oxygens (including phenoxy) is 1. The Morgan fingerprint density at radius 3 is 2.39 bits per heavy atom. The molecule has 2 aromatic rings. The van der Waals surface area contributed by atoms with E-state index in [9.17, 15) is 19.5 Å². The van der Waals surface area contributed by atoms with Gasteiger partial charge in [0.2, 0.25) is 5.91 Å². The van der Waals surface area contributed by atoms with Crippen molar-refractivity contribution >= 4 is 17.8 Å². The number of likely N-dealkylation sites (tertiary alicyclic amines) is 1. The van der Waals surface area contributed by atoms with Crippen molar-refractivity contribution in [2.24, 2.45) is 0 Å². The maximum absolute atomic E-state index is 13.3. The number of benzene rings is 2. The molecule has 176 valence electrons. The Morgan fingerprint density at radius 1 is 1.09 bits per heavy atom. The van der Waals surface area contributed by atoms with Crippen molar-refractivity contribution in [3.8, 4) is 0 Å². The molecular weight excluding hydrogens is 420 g/mol. The number of hydrogen-bond acceptors (Lipinski definition) is 5. The lowest BCUT2D eigenvalue weighted by Gasteiger charge is -2.27. The number of hydrogen-bond donors (Lipinski definition) is 2. The molecular formula is C26H32N2O5. The fourth-order valence-corrected chi connectivity index (χ4v) is 4.33. The van der Waals surface area contributed by atoms with Crippen LogP contribution in [0.4, 0.5) is 0 Å². The summed E-state index contributed by atoms with van der Waals surface area (Å²) >= 11 is 0. The van der Waals surface area contributed by atoms with E-state index >= 15 is 0 Å². The minimum atomic E-state index is -1.05. The third kappa shape index (κ3) is 7.15.